The standard InChI is InChI=1S/C16H20N2O4/c1-10(2)17(15(21)22-16(3,4)5)18-13(19)11-8-6-7-9-12(11)14(18)20/h6-10H,1-5H3. The number of imide groups is 1. The molecular weight excluding hydrogens is 284 g/mol. The Kier molecular flexibility index (Phi) is 3.96. The summed E-state index contributed by atoms with van der Waals surface area (Å²) in [6, 6.07) is 6.10. The molecule has 118 valence electrons. The van der Waals surface area contributed by atoms with Crippen LogP contribution < -0.4 is 0 Å². The molecule has 1 aromatic carbocycles. The Labute approximate surface area is 129 Å². The molecule has 6 heteroatoms. The van der Waals surface area contributed by atoms with Crippen molar-refractivity contribution in [2.24, 2.45) is 0 Å². The van der Waals surface area contributed by atoms with E-state index >= 15 is 0 Å². The Bertz CT molecular complexity index is 596. The van der Waals surface area contributed by atoms with E-state index in [0.717, 1.165) is 10.0 Å². The summed E-state index contributed by atoms with van der Waals surface area (Å²) in [5.41, 5.74) is -0.133. The molecule has 0 N–H and O–H groups in total. The van der Waals surface area contributed by atoms with Crippen LogP contribution in [0.3, 0.4) is 0 Å². The minimum atomic E-state index is -0.725. The summed E-state index contributed by atoms with van der Waals surface area (Å²) in [5.74, 6) is -1.03. The number of carbonyl (C=O) groups is 3. The number of hydrogen-bond acceptors (Lipinski definition) is 4. The topological polar surface area (TPSA) is 66.9 Å². The highest BCUT2D eigenvalue weighted by molar-refractivity contribution is 6.21. The third-order valence-electron chi connectivity index (χ3n) is 3.06. The van der Waals surface area contributed by atoms with Gasteiger partial charge in [0.1, 0.15) is 5.60 Å². The highest BCUT2D eigenvalue weighted by atomic mass is 16.6. The van der Waals surface area contributed by atoms with Crippen molar-refractivity contribution >= 4 is 17.9 Å². The quantitative estimate of drug-likeness (QED) is 0.788. The van der Waals surface area contributed by atoms with Gasteiger partial charge in [-0.2, -0.15) is 5.01 Å². The molecule has 2 rings (SSSR count). The van der Waals surface area contributed by atoms with Crippen LogP contribution in [0.2, 0.25) is 0 Å². The second-order valence-electron chi connectivity index (χ2n) is 6.39. The summed E-state index contributed by atoms with van der Waals surface area (Å²) in [4.78, 5) is 37.3. The van der Waals surface area contributed by atoms with Gasteiger partial charge in [-0.25, -0.2) is 9.80 Å². The molecule has 6 nitrogen and oxygen atoms in total. The van der Waals surface area contributed by atoms with Crippen LogP contribution in [0.5, 0.6) is 0 Å². The van der Waals surface area contributed by atoms with E-state index in [9.17, 15) is 14.4 Å². The molecule has 0 unspecified atom stereocenters. The number of nitrogens with zero attached hydrogens (tertiary/aromatic N) is 2. The van der Waals surface area contributed by atoms with Gasteiger partial charge in [-0.3, -0.25) is 9.59 Å². The highest BCUT2D eigenvalue weighted by Gasteiger charge is 2.43. The first-order valence-electron chi connectivity index (χ1n) is 7.13. The lowest BCUT2D eigenvalue weighted by atomic mass is 10.1. The van der Waals surface area contributed by atoms with Gasteiger partial charge in [0.15, 0.2) is 0 Å². The summed E-state index contributed by atoms with van der Waals surface area (Å²) in [6.07, 6.45) is -0.725. The Morgan fingerprint density at radius 1 is 1.09 bits per heavy atom. The molecule has 1 aliphatic rings. The number of rotatable bonds is 2. The van der Waals surface area contributed by atoms with Gasteiger partial charge in [-0.05, 0) is 46.8 Å². The van der Waals surface area contributed by atoms with Crippen LogP contribution in [0, 0.1) is 0 Å². The Morgan fingerprint density at radius 3 is 1.91 bits per heavy atom. The first kappa shape index (κ1) is 16.0. The minimum Gasteiger partial charge on any atom is -0.442 e. The van der Waals surface area contributed by atoms with Crippen molar-refractivity contribution in [2.75, 3.05) is 0 Å². The zero-order chi connectivity index (χ0) is 16.7. The van der Waals surface area contributed by atoms with Crippen molar-refractivity contribution < 1.29 is 19.1 Å². The van der Waals surface area contributed by atoms with Crippen molar-refractivity contribution in [3.8, 4) is 0 Å². The molecule has 3 amide bonds. The third kappa shape index (κ3) is 2.81. The lowest BCUT2D eigenvalue weighted by molar-refractivity contribution is -0.0396. The van der Waals surface area contributed by atoms with Gasteiger partial charge in [0.25, 0.3) is 11.8 Å². The smallest absolute Gasteiger partial charge is 0.430 e. The second kappa shape index (κ2) is 5.44. The van der Waals surface area contributed by atoms with Crippen LogP contribution in [-0.2, 0) is 4.74 Å². The van der Waals surface area contributed by atoms with E-state index in [1.54, 1.807) is 58.9 Å². The number of carbonyl (C=O) groups excluding carboxylic acids is 3. The Morgan fingerprint density at radius 2 is 1.55 bits per heavy atom. The maximum Gasteiger partial charge on any atom is 0.430 e. The van der Waals surface area contributed by atoms with Gasteiger partial charge in [0, 0.05) is 0 Å². The molecule has 1 aromatic rings. The lowest BCUT2D eigenvalue weighted by Crippen LogP contribution is -2.54. The molecule has 0 aromatic heterocycles. The maximum atomic E-state index is 12.5. The van der Waals surface area contributed by atoms with Gasteiger partial charge in [-0.1, -0.05) is 12.1 Å². The summed E-state index contributed by atoms with van der Waals surface area (Å²) in [7, 11) is 0. The van der Waals surface area contributed by atoms with Crippen LogP contribution in [-0.4, -0.2) is 39.6 Å². The van der Waals surface area contributed by atoms with Gasteiger partial charge < -0.3 is 4.74 Å². The van der Waals surface area contributed by atoms with Gasteiger partial charge in [-0.15, -0.1) is 0 Å². The van der Waals surface area contributed by atoms with Crippen molar-refractivity contribution in [3.05, 3.63) is 35.4 Å². The van der Waals surface area contributed by atoms with E-state index in [4.69, 9.17) is 4.74 Å². The fourth-order valence-electron chi connectivity index (χ4n) is 2.20. The summed E-state index contributed by atoms with van der Waals surface area (Å²) < 4.78 is 5.31. The maximum absolute atomic E-state index is 12.5. The van der Waals surface area contributed by atoms with Gasteiger partial charge in [0.05, 0.1) is 17.2 Å². The van der Waals surface area contributed by atoms with E-state index in [1.807, 2.05) is 0 Å². The van der Waals surface area contributed by atoms with Gasteiger partial charge in [0.2, 0.25) is 0 Å². The van der Waals surface area contributed by atoms with E-state index in [2.05, 4.69) is 0 Å². The molecule has 0 aliphatic carbocycles. The lowest BCUT2D eigenvalue weighted by Gasteiger charge is -2.34. The van der Waals surface area contributed by atoms with E-state index in [-0.39, 0.29) is 0 Å². The van der Waals surface area contributed by atoms with Crippen molar-refractivity contribution in [2.45, 2.75) is 46.3 Å². The third-order valence-corrected chi connectivity index (χ3v) is 3.06. The summed E-state index contributed by atoms with van der Waals surface area (Å²) in [6.45, 7) is 8.62. The monoisotopic (exact) mass is 304 g/mol. The van der Waals surface area contributed by atoms with Crippen LogP contribution >= 0.6 is 0 Å². The molecule has 0 saturated carbocycles. The van der Waals surface area contributed by atoms with Crippen molar-refractivity contribution in [1.29, 1.82) is 0 Å². The van der Waals surface area contributed by atoms with Crippen LogP contribution in [0.25, 0.3) is 0 Å². The van der Waals surface area contributed by atoms with Crippen LogP contribution in [0.4, 0.5) is 4.79 Å². The van der Waals surface area contributed by atoms with E-state index in [0.29, 0.717) is 11.1 Å². The first-order valence-corrected chi connectivity index (χ1v) is 7.13. The van der Waals surface area contributed by atoms with Crippen LogP contribution in [0.1, 0.15) is 55.3 Å². The number of hydrazine groups is 1. The molecule has 0 fully saturated rings. The molecule has 0 atom stereocenters. The number of ether oxygens (including phenoxy) is 1. The predicted molar refractivity (Wildman–Crippen MR) is 80.2 cm³/mol. The highest BCUT2D eigenvalue weighted by Crippen LogP contribution is 2.26. The molecule has 0 radical (unpaired) electrons. The molecule has 0 bridgehead atoms. The SMILES string of the molecule is CC(C)N(C(=O)OC(C)(C)C)N1C(=O)c2ccccc2C1=O. The zero-order valence-electron chi connectivity index (χ0n) is 13.4. The molecule has 1 heterocycles. The van der Waals surface area contributed by atoms with Crippen molar-refractivity contribution in [1.82, 2.24) is 10.0 Å². The molecular formula is C16H20N2O4. The average molecular weight is 304 g/mol. The van der Waals surface area contributed by atoms with Crippen LogP contribution in [0.15, 0.2) is 24.3 Å². The molecule has 1 aliphatic heterocycles. The normalized spacial score (nSPS) is 14.4. The fraction of sp³-hybridized carbons (Fsp3) is 0.438. The Balaban J connectivity index is 2.38. The van der Waals surface area contributed by atoms with E-state index < -0.39 is 29.6 Å². The summed E-state index contributed by atoms with van der Waals surface area (Å²) in [5, 5.41) is 1.93. The zero-order valence-corrected chi connectivity index (χ0v) is 13.4. The molecule has 22 heavy (non-hydrogen) atoms. The Hall–Kier alpha value is -2.37. The average Bonchev–Trinajstić information content (AvgIpc) is 2.62. The fourth-order valence-corrected chi connectivity index (χ4v) is 2.20. The largest absolute Gasteiger partial charge is 0.442 e. The second-order valence-corrected chi connectivity index (χ2v) is 6.39. The number of fused-ring (bicyclic) bond motifs is 1. The number of hydrogen-bond donors (Lipinski definition) is 0. The van der Waals surface area contributed by atoms with E-state index in [1.165, 1.54) is 0 Å². The first-order chi connectivity index (χ1) is 10.1. The predicted octanol–water partition coefficient (Wildman–Crippen LogP) is 2.84. The number of benzene rings is 1. The molecule has 0 spiro atoms. The van der Waals surface area contributed by atoms with Gasteiger partial charge >= 0.3 is 6.09 Å². The summed E-state index contributed by atoms with van der Waals surface area (Å²) >= 11 is 0. The van der Waals surface area contributed by atoms with Crippen molar-refractivity contribution in [3.63, 3.8) is 0 Å². The minimum absolute atomic E-state index is 0.293. The molecule has 0 saturated heterocycles. The number of amides is 3.